The van der Waals surface area contributed by atoms with E-state index in [1.807, 2.05) is 12.1 Å². The van der Waals surface area contributed by atoms with E-state index >= 15 is 0 Å². The summed E-state index contributed by atoms with van der Waals surface area (Å²) in [6, 6.07) is 9.79. The Labute approximate surface area is 151 Å². The lowest BCUT2D eigenvalue weighted by molar-refractivity contribution is -0.139. The summed E-state index contributed by atoms with van der Waals surface area (Å²) in [7, 11) is -0.775. The molecule has 0 radical (unpaired) electrons. The van der Waals surface area contributed by atoms with Gasteiger partial charge in [0.25, 0.3) is 21.8 Å². The van der Waals surface area contributed by atoms with E-state index in [1.54, 1.807) is 45.3 Å². The molecule has 2 amide bonds. The van der Waals surface area contributed by atoms with E-state index in [9.17, 15) is 18.0 Å². The molecule has 26 heavy (non-hydrogen) atoms. The van der Waals surface area contributed by atoms with Gasteiger partial charge in [0.2, 0.25) is 0 Å². The predicted molar refractivity (Wildman–Crippen MR) is 97.4 cm³/mol. The Morgan fingerprint density at radius 1 is 1.00 bits per heavy atom. The van der Waals surface area contributed by atoms with Crippen molar-refractivity contribution in [2.45, 2.75) is 17.9 Å². The third-order valence-corrected chi connectivity index (χ3v) is 5.76. The molecule has 0 aromatic heterocycles. The number of sulfonamides is 1. The molecule has 1 unspecified atom stereocenters. The highest BCUT2D eigenvalue weighted by Crippen LogP contribution is 2.34. The fourth-order valence-corrected chi connectivity index (χ4v) is 4.70. The van der Waals surface area contributed by atoms with Crippen molar-refractivity contribution in [3.8, 4) is 0 Å². The number of rotatable bonds is 5. The molecule has 2 aromatic rings. The third kappa shape index (κ3) is 3.14. The second-order valence-electron chi connectivity index (χ2n) is 6.25. The minimum Gasteiger partial charge on any atom is -0.269 e. The van der Waals surface area contributed by atoms with Gasteiger partial charge in [-0.25, -0.2) is 13.4 Å². The zero-order valence-electron chi connectivity index (χ0n) is 14.6. The van der Waals surface area contributed by atoms with Crippen LogP contribution < -0.4 is 4.83 Å². The number of hydrazine groups is 1. The summed E-state index contributed by atoms with van der Waals surface area (Å²) in [6.45, 7) is 1.64. The molecule has 136 valence electrons. The Morgan fingerprint density at radius 3 is 2.23 bits per heavy atom. The maximum Gasteiger partial charge on any atom is 0.254 e. The number of nitrogens with one attached hydrogen (secondary N) is 1. The number of nitrogens with zero attached hydrogens (tertiary/aromatic N) is 2. The SMILES string of the molecule is CC(c1ccc2ccccc2c1S(=O)(=O)NN(C)C)N1C(=O)C=CC1=O. The van der Waals surface area contributed by atoms with Crippen molar-refractivity contribution in [2.75, 3.05) is 14.1 Å². The van der Waals surface area contributed by atoms with Crippen LogP contribution in [0.15, 0.2) is 53.4 Å². The quantitative estimate of drug-likeness (QED) is 0.635. The predicted octanol–water partition coefficient (Wildman–Crippen LogP) is 1.58. The van der Waals surface area contributed by atoms with Crippen molar-refractivity contribution in [2.24, 2.45) is 0 Å². The molecular formula is C18H19N3O4S. The molecule has 0 saturated carbocycles. The monoisotopic (exact) mass is 373 g/mol. The van der Waals surface area contributed by atoms with Crippen molar-refractivity contribution in [3.05, 3.63) is 54.1 Å². The number of carbonyl (C=O) groups excluding carboxylic acids is 2. The van der Waals surface area contributed by atoms with Crippen molar-refractivity contribution in [1.29, 1.82) is 0 Å². The average molecular weight is 373 g/mol. The van der Waals surface area contributed by atoms with Crippen LogP contribution in [0.2, 0.25) is 0 Å². The second kappa shape index (κ2) is 6.64. The van der Waals surface area contributed by atoms with E-state index in [1.165, 1.54) is 17.2 Å². The standard InChI is InChI=1S/C18H19N3O4S/c1-12(21-16(22)10-11-17(21)23)14-9-8-13-6-4-5-7-15(13)18(14)26(24,25)19-20(2)3/h4-12,19H,1-3H3. The van der Waals surface area contributed by atoms with Crippen LogP contribution in [0, 0.1) is 0 Å². The van der Waals surface area contributed by atoms with Crippen LogP contribution in [-0.2, 0) is 19.6 Å². The highest BCUT2D eigenvalue weighted by molar-refractivity contribution is 7.89. The van der Waals surface area contributed by atoms with Gasteiger partial charge >= 0.3 is 0 Å². The highest BCUT2D eigenvalue weighted by Gasteiger charge is 2.33. The van der Waals surface area contributed by atoms with Gasteiger partial charge in [0, 0.05) is 31.6 Å². The van der Waals surface area contributed by atoms with Crippen LogP contribution in [0.25, 0.3) is 10.8 Å². The van der Waals surface area contributed by atoms with Crippen molar-refractivity contribution in [3.63, 3.8) is 0 Å². The summed E-state index contributed by atoms with van der Waals surface area (Å²) in [5, 5.41) is 2.61. The van der Waals surface area contributed by atoms with E-state index < -0.39 is 27.9 Å². The first kappa shape index (κ1) is 18.2. The van der Waals surface area contributed by atoms with Crippen molar-refractivity contribution >= 4 is 32.6 Å². The molecule has 1 aliphatic heterocycles. The molecule has 2 aromatic carbocycles. The third-order valence-electron chi connectivity index (χ3n) is 4.16. The number of hydrogen-bond acceptors (Lipinski definition) is 5. The first-order chi connectivity index (χ1) is 12.2. The number of amides is 2. The van der Waals surface area contributed by atoms with Gasteiger partial charge in [-0.05, 0) is 17.9 Å². The summed E-state index contributed by atoms with van der Waals surface area (Å²) in [4.78, 5) is 27.6. The van der Waals surface area contributed by atoms with E-state index in [0.717, 1.165) is 10.3 Å². The topological polar surface area (TPSA) is 86.8 Å². The van der Waals surface area contributed by atoms with Gasteiger partial charge < -0.3 is 0 Å². The van der Waals surface area contributed by atoms with Gasteiger partial charge in [0.15, 0.2) is 0 Å². The van der Waals surface area contributed by atoms with Crippen LogP contribution >= 0.6 is 0 Å². The number of fused-ring (bicyclic) bond motifs is 1. The van der Waals surface area contributed by atoms with Gasteiger partial charge in [0.05, 0.1) is 10.9 Å². The molecule has 1 aliphatic rings. The number of benzene rings is 2. The maximum absolute atomic E-state index is 13.0. The number of hydrogen-bond donors (Lipinski definition) is 1. The van der Waals surface area contributed by atoms with E-state index in [2.05, 4.69) is 4.83 Å². The zero-order chi connectivity index (χ0) is 19.1. The fourth-order valence-electron chi connectivity index (χ4n) is 3.11. The molecule has 0 aliphatic carbocycles. The summed E-state index contributed by atoms with van der Waals surface area (Å²) in [6.07, 6.45) is 2.37. The molecule has 1 N–H and O–H groups in total. The summed E-state index contributed by atoms with van der Waals surface area (Å²) in [5.41, 5.74) is 0.378. The van der Waals surface area contributed by atoms with Crippen LogP contribution in [-0.4, -0.2) is 44.2 Å². The molecule has 0 saturated heterocycles. The molecule has 0 fully saturated rings. The van der Waals surface area contributed by atoms with Gasteiger partial charge in [-0.15, -0.1) is 4.83 Å². The zero-order valence-corrected chi connectivity index (χ0v) is 15.4. The second-order valence-corrected chi connectivity index (χ2v) is 7.85. The Hall–Kier alpha value is -2.55. The molecule has 8 heteroatoms. The van der Waals surface area contributed by atoms with Gasteiger partial charge in [-0.3, -0.25) is 14.5 Å². The van der Waals surface area contributed by atoms with Crippen LogP contribution in [0.1, 0.15) is 18.5 Å². The minimum absolute atomic E-state index is 0.0595. The minimum atomic E-state index is -3.92. The summed E-state index contributed by atoms with van der Waals surface area (Å²) < 4.78 is 26.0. The Kier molecular flexibility index (Phi) is 4.66. The van der Waals surface area contributed by atoms with E-state index in [-0.39, 0.29) is 4.90 Å². The molecule has 0 bridgehead atoms. The molecule has 0 spiro atoms. The maximum atomic E-state index is 13.0. The van der Waals surface area contributed by atoms with Crippen LogP contribution in [0.4, 0.5) is 0 Å². The van der Waals surface area contributed by atoms with Gasteiger partial charge in [-0.2, -0.15) is 0 Å². The molecule has 7 nitrogen and oxygen atoms in total. The Balaban J connectivity index is 2.24. The van der Waals surface area contributed by atoms with Crippen LogP contribution in [0.5, 0.6) is 0 Å². The van der Waals surface area contributed by atoms with Crippen molar-refractivity contribution < 1.29 is 18.0 Å². The van der Waals surface area contributed by atoms with E-state index in [0.29, 0.717) is 10.9 Å². The molecular weight excluding hydrogens is 354 g/mol. The summed E-state index contributed by atoms with van der Waals surface area (Å²) in [5.74, 6) is -0.917. The largest absolute Gasteiger partial charge is 0.269 e. The lowest BCUT2D eigenvalue weighted by Gasteiger charge is -2.26. The Bertz CT molecular complexity index is 1010. The highest BCUT2D eigenvalue weighted by atomic mass is 32.2. The number of imide groups is 1. The average Bonchev–Trinajstić information content (AvgIpc) is 2.90. The summed E-state index contributed by atoms with van der Waals surface area (Å²) >= 11 is 0. The smallest absolute Gasteiger partial charge is 0.254 e. The van der Waals surface area contributed by atoms with Gasteiger partial charge in [0.1, 0.15) is 0 Å². The number of carbonyl (C=O) groups is 2. The lowest BCUT2D eigenvalue weighted by atomic mass is 10.0. The van der Waals surface area contributed by atoms with Gasteiger partial charge in [-0.1, -0.05) is 36.4 Å². The van der Waals surface area contributed by atoms with E-state index in [4.69, 9.17) is 0 Å². The normalized spacial score (nSPS) is 16.1. The first-order valence-corrected chi connectivity index (χ1v) is 9.47. The van der Waals surface area contributed by atoms with Crippen LogP contribution in [0.3, 0.4) is 0 Å². The molecule has 3 rings (SSSR count). The fraction of sp³-hybridized carbons (Fsp3) is 0.222. The lowest BCUT2D eigenvalue weighted by Crippen LogP contribution is -2.38. The molecule has 1 heterocycles. The first-order valence-electron chi connectivity index (χ1n) is 7.99. The van der Waals surface area contributed by atoms with Crippen molar-refractivity contribution in [1.82, 2.24) is 14.7 Å². The Morgan fingerprint density at radius 2 is 1.62 bits per heavy atom. The molecule has 1 atom stereocenters.